The summed E-state index contributed by atoms with van der Waals surface area (Å²) >= 11 is 0. The lowest BCUT2D eigenvalue weighted by atomic mass is 10.0. The van der Waals surface area contributed by atoms with Crippen molar-refractivity contribution in [3.8, 4) is 16.9 Å². The number of nitrogens with zero attached hydrogens (tertiary/aromatic N) is 1. The molecule has 1 aliphatic carbocycles. The van der Waals surface area contributed by atoms with E-state index in [-0.39, 0.29) is 11.9 Å². The Bertz CT molecular complexity index is 812. The van der Waals surface area contributed by atoms with E-state index in [1.807, 2.05) is 0 Å². The SMILES string of the molecule is CN(C(=O)c1ccc(-c2ccc(OC(F)(F)F)c(F)c2)cc1)C1CCCC1. The lowest BCUT2D eigenvalue weighted by Gasteiger charge is -2.24. The zero-order valence-corrected chi connectivity index (χ0v) is 14.7. The van der Waals surface area contributed by atoms with Gasteiger partial charge in [-0.05, 0) is 48.2 Å². The number of hydrogen-bond donors (Lipinski definition) is 0. The highest BCUT2D eigenvalue weighted by Gasteiger charge is 2.32. The third kappa shape index (κ3) is 4.59. The van der Waals surface area contributed by atoms with E-state index < -0.39 is 17.9 Å². The van der Waals surface area contributed by atoms with E-state index in [0.29, 0.717) is 16.7 Å². The molecule has 2 aromatic carbocycles. The fraction of sp³-hybridized carbons (Fsp3) is 0.350. The van der Waals surface area contributed by atoms with Crippen molar-refractivity contribution in [2.24, 2.45) is 0 Å². The fourth-order valence-corrected chi connectivity index (χ4v) is 3.35. The Morgan fingerprint density at radius 3 is 2.19 bits per heavy atom. The van der Waals surface area contributed by atoms with Gasteiger partial charge in [-0.1, -0.05) is 31.0 Å². The highest BCUT2D eigenvalue weighted by Crippen LogP contribution is 2.30. The van der Waals surface area contributed by atoms with Crippen molar-refractivity contribution in [3.63, 3.8) is 0 Å². The van der Waals surface area contributed by atoms with Gasteiger partial charge in [-0.25, -0.2) is 4.39 Å². The van der Waals surface area contributed by atoms with E-state index in [0.717, 1.165) is 37.8 Å². The first-order valence-electron chi connectivity index (χ1n) is 8.67. The van der Waals surface area contributed by atoms with Crippen molar-refractivity contribution in [2.45, 2.75) is 38.1 Å². The maximum absolute atomic E-state index is 13.9. The molecule has 1 aliphatic rings. The highest BCUT2D eigenvalue weighted by atomic mass is 19.4. The van der Waals surface area contributed by atoms with Crippen LogP contribution >= 0.6 is 0 Å². The minimum atomic E-state index is -4.95. The number of carbonyl (C=O) groups is 1. The standard InChI is InChI=1S/C20H19F4NO2/c1-25(16-4-2-3-5-16)19(26)14-8-6-13(7-9-14)15-10-11-18(17(21)12-15)27-20(22,23)24/h6-12,16H,2-5H2,1H3. The van der Waals surface area contributed by atoms with Gasteiger partial charge in [0.1, 0.15) is 0 Å². The number of rotatable bonds is 4. The Morgan fingerprint density at radius 1 is 1.04 bits per heavy atom. The number of halogens is 4. The summed E-state index contributed by atoms with van der Waals surface area (Å²) in [5.74, 6) is -2.06. The Labute approximate surface area is 154 Å². The molecule has 1 saturated carbocycles. The van der Waals surface area contributed by atoms with E-state index in [1.165, 1.54) is 6.07 Å². The predicted molar refractivity (Wildman–Crippen MR) is 92.9 cm³/mol. The van der Waals surface area contributed by atoms with Gasteiger partial charge in [-0.3, -0.25) is 4.79 Å². The summed E-state index contributed by atoms with van der Waals surface area (Å²) in [6, 6.07) is 10.1. The molecular weight excluding hydrogens is 362 g/mol. The first kappa shape index (κ1) is 19.2. The summed E-state index contributed by atoms with van der Waals surface area (Å²) in [6.45, 7) is 0. The molecule has 7 heteroatoms. The molecule has 0 unspecified atom stereocenters. The first-order valence-corrected chi connectivity index (χ1v) is 8.67. The number of benzene rings is 2. The van der Waals surface area contributed by atoms with Gasteiger partial charge in [0.15, 0.2) is 11.6 Å². The van der Waals surface area contributed by atoms with Gasteiger partial charge in [-0.2, -0.15) is 0 Å². The third-order valence-corrected chi connectivity index (χ3v) is 4.82. The van der Waals surface area contributed by atoms with Gasteiger partial charge in [0.25, 0.3) is 5.91 Å². The molecular formula is C20H19F4NO2. The van der Waals surface area contributed by atoms with Crippen molar-refractivity contribution in [2.75, 3.05) is 7.05 Å². The molecule has 0 N–H and O–H groups in total. The average molecular weight is 381 g/mol. The highest BCUT2D eigenvalue weighted by molar-refractivity contribution is 5.94. The molecule has 0 bridgehead atoms. The second-order valence-corrected chi connectivity index (χ2v) is 6.62. The Kier molecular flexibility index (Phi) is 5.39. The molecule has 0 atom stereocenters. The topological polar surface area (TPSA) is 29.5 Å². The Balaban J connectivity index is 1.75. The van der Waals surface area contributed by atoms with Gasteiger partial charge in [0.05, 0.1) is 0 Å². The summed E-state index contributed by atoms with van der Waals surface area (Å²) < 4.78 is 54.1. The van der Waals surface area contributed by atoms with Gasteiger partial charge in [0.2, 0.25) is 0 Å². The minimum absolute atomic E-state index is 0.0754. The van der Waals surface area contributed by atoms with Crippen molar-refractivity contribution in [1.29, 1.82) is 0 Å². The van der Waals surface area contributed by atoms with Gasteiger partial charge < -0.3 is 9.64 Å². The summed E-state index contributed by atoms with van der Waals surface area (Å²) in [5.41, 5.74) is 1.50. The van der Waals surface area contributed by atoms with Crippen LogP contribution in [0.3, 0.4) is 0 Å². The van der Waals surface area contributed by atoms with Crippen LogP contribution in [0.1, 0.15) is 36.0 Å². The molecule has 0 spiro atoms. The molecule has 3 nitrogen and oxygen atoms in total. The molecule has 3 rings (SSSR count). The monoisotopic (exact) mass is 381 g/mol. The van der Waals surface area contributed by atoms with E-state index in [1.54, 1.807) is 36.2 Å². The quantitative estimate of drug-likeness (QED) is 0.663. The summed E-state index contributed by atoms with van der Waals surface area (Å²) in [4.78, 5) is 14.3. The lowest BCUT2D eigenvalue weighted by Crippen LogP contribution is -2.35. The first-order chi connectivity index (χ1) is 12.7. The van der Waals surface area contributed by atoms with E-state index >= 15 is 0 Å². The van der Waals surface area contributed by atoms with Crippen LogP contribution in [0.4, 0.5) is 17.6 Å². The molecule has 27 heavy (non-hydrogen) atoms. The molecule has 0 aromatic heterocycles. The van der Waals surface area contributed by atoms with Gasteiger partial charge in [0, 0.05) is 18.7 Å². The summed E-state index contributed by atoms with van der Waals surface area (Å²) in [6.07, 6.45) is -0.685. The van der Waals surface area contributed by atoms with Crippen molar-refractivity contribution in [3.05, 3.63) is 53.8 Å². The number of ether oxygens (including phenoxy) is 1. The van der Waals surface area contributed by atoms with Crippen LogP contribution in [0.25, 0.3) is 11.1 Å². The van der Waals surface area contributed by atoms with E-state index in [4.69, 9.17) is 0 Å². The molecule has 144 valence electrons. The molecule has 1 fully saturated rings. The van der Waals surface area contributed by atoms with E-state index in [9.17, 15) is 22.4 Å². The zero-order valence-electron chi connectivity index (χ0n) is 14.7. The van der Waals surface area contributed by atoms with Crippen LogP contribution in [0.2, 0.25) is 0 Å². The second-order valence-electron chi connectivity index (χ2n) is 6.62. The largest absolute Gasteiger partial charge is 0.573 e. The van der Waals surface area contributed by atoms with Crippen molar-refractivity contribution < 1.29 is 27.1 Å². The van der Waals surface area contributed by atoms with Gasteiger partial charge >= 0.3 is 6.36 Å². The maximum atomic E-state index is 13.9. The van der Waals surface area contributed by atoms with Gasteiger partial charge in [-0.15, -0.1) is 13.2 Å². The van der Waals surface area contributed by atoms with Crippen molar-refractivity contribution in [1.82, 2.24) is 4.90 Å². The molecule has 0 aliphatic heterocycles. The smallest absolute Gasteiger partial charge is 0.403 e. The molecule has 0 saturated heterocycles. The molecule has 0 heterocycles. The van der Waals surface area contributed by atoms with Crippen LogP contribution in [0, 0.1) is 5.82 Å². The zero-order chi connectivity index (χ0) is 19.6. The lowest BCUT2D eigenvalue weighted by molar-refractivity contribution is -0.275. The van der Waals surface area contributed by atoms with Crippen LogP contribution in [-0.2, 0) is 0 Å². The molecule has 2 aromatic rings. The third-order valence-electron chi connectivity index (χ3n) is 4.82. The molecule has 1 amide bonds. The number of amides is 1. The van der Waals surface area contributed by atoms with Crippen LogP contribution in [0.15, 0.2) is 42.5 Å². The van der Waals surface area contributed by atoms with Crippen LogP contribution < -0.4 is 4.74 Å². The predicted octanol–water partition coefficient (Wildman–Crippen LogP) is 5.41. The Morgan fingerprint density at radius 2 is 1.63 bits per heavy atom. The molecule has 0 radical (unpaired) electrons. The number of hydrogen-bond acceptors (Lipinski definition) is 2. The summed E-state index contributed by atoms with van der Waals surface area (Å²) in [7, 11) is 1.79. The fourth-order valence-electron chi connectivity index (χ4n) is 3.35. The number of alkyl halides is 3. The number of carbonyl (C=O) groups excluding carboxylic acids is 1. The maximum Gasteiger partial charge on any atom is 0.573 e. The second kappa shape index (κ2) is 7.58. The van der Waals surface area contributed by atoms with Crippen LogP contribution in [0.5, 0.6) is 5.75 Å². The Hall–Kier alpha value is -2.57. The summed E-state index contributed by atoms with van der Waals surface area (Å²) in [5, 5.41) is 0. The van der Waals surface area contributed by atoms with E-state index in [2.05, 4.69) is 4.74 Å². The van der Waals surface area contributed by atoms with Crippen LogP contribution in [-0.4, -0.2) is 30.3 Å². The average Bonchev–Trinajstić information content (AvgIpc) is 3.16. The minimum Gasteiger partial charge on any atom is -0.403 e. The van der Waals surface area contributed by atoms with Crippen molar-refractivity contribution >= 4 is 5.91 Å². The normalized spacial score (nSPS) is 15.0.